The van der Waals surface area contributed by atoms with Gasteiger partial charge in [0.05, 0.1) is 12.1 Å². The molecule has 0 radical (unpaired) electrons. The van der Waals surface area contributed by atoms with Crippen LogP contribution in [0.5, 0.6) is 0 Å². The van der Waals surface area contributed by atoms with Crippen LogP contribution in [-0.2, 0) is 4.79 Å². The van der Waals surface area contributed by atoms with Gasteiger partial charge in [-0.1, -0.05) is 0 Å². The number of hydrogen-bond donors (Lipinski definition) is 3. The van der Waals surface area contributed by atoms with Crippen molar-refractivity contribution >= 4 is 5.91 Å². The van der Waals surface area contributed by atoms with E-state index in [2.05, 4.69) is 10.6 Å². The fraction of sp³-hybridized carbons (Fsp3) is 0.900. The maximum absolute atomic E-state index is 11.1. The lowest BCUT2D eigenvalue weighted by atomic mass is 10.1. The first-order chi connectivity index (χ1) is 6.31. The molecular formula is C10H22N2O2. The van der Waals surface area contributed by atoms with Gasteiger partial charge in [0.1, 0.15) is 0 Å². The number of carbonyl (C=O) groups excluding carboxylic acids is 1. The van der Waals surface area contributed by atoms with Crippen LogP contribution in [0.2, 0.25) is 0 Å². The normalized spacial score (nSPS) is 11.9. The van der Waals surface area contributed by atoms with E-state index in [9.17, 15) is 9.90 Å². The quantitative estimate of drug-likeness (QED) is 0.541. The molecule has 0 rings (SSSR count). The maximum atomic E-state index is 11.1. The summed E-state index contributed by atoms with van der Waals surface area (Å²) < 4.78 is 0. The summed E-state index contributed by atoms with van der Waals surface area (Å²) in [5.74, 6) is -0.00394. The van der Waals surface area contributed by atoms with Crippen molar-refractivity contribution in [2.24, 2.45) is 0 Å². The molecule has 0 aromatic carbocycles. The van der Waals surface area contributed by atoms with Crippen LogP contribution in [0.25, 0.3) is 0 Å². The third-order valence-electron chi connectivity index (χ3n) is 1.65. The average Bonchev–Trinajstić information content (AvgIpc) is 1.95. The molecule has 0 aliphatic heterocycles. The Morgan fingerprint density at radius 1 is 1.43 bits per heavy atom. The third-order valence-corrected chi connectivity index (χ3v) is 1.65. The predicted molar refractivity (Wildman–Crippen MR) is 57.1 cm³/mol. The first kappa shape index (κ1) is 13.4. The number of amides is 1. The molecule has 0 fully saturated rings. The molecule has 0 spiro atoms. The van der Waals surface area contributed by atoms with Crippen molar-refractivity contribution in [3.05, 3.63) is 0 Å². The van der Waals surface area contributed by atoms with E-state index in [-0.39, 0.29) is 11.9 Å². The third kappa shape index (κ3) is 9.48. The number of hydrogen-bond acceptors (Lipinski definition) is 3. The summed E-state index contributed by atoms with van der Waals surface area (Å²) in [5, 5.41) is 15.1. The molecule has 0 atom stereocenters. The summed E-state index contributed by atoms with van der Waals surface area (Å²) in [4.78, 5) is 11.1. The minimum Gasteiger partial charge on any atom is -0.390 e. The van der Waals surface area contributed by atoms with Gasteiger partial charge in [-0.05, 0) is 40.7 Å². The Morgan fingerprint density at radius 2 is 2.00 bits per heavy atom. The molecule has 3 N–H and O–H groups in total. The lowest BCUT2D eigenvalue weighted by molar-refractivity contribution is -0.120. The molecule has 0 saturated heterocycles. The van der Waals surface area contributed by atoms with E-state index in [0.29, 0.717) is 19.5 Å². The first-order valence-electron chi connectivity index (χ1n) is 5.04. The van der Waals surface area contributed by atoms with Crippen molar-refractivity contribution in [2.45, 2.75) is 45.8 Å². The summed E-state index contributed by atoms with van der Waals surface area (Å²) >= 11 is 0. The molecule has 84 valence electrons. The minimum atomic E-state index is -0.665. The summed E-state index contributed by atoms with van der Waals surface area (Å²) in [6.45, 7) is 8.32. The number of nitrogens with one attached hydrogen (secondary N) is 2. The van der Waals surface area contributed by atoms with Crippen LogP contribution < -0.4 is 10.6 Å². The van der Waals surface area contributed by atoms with Crippen LogP contribution in [0.1, 0.15) is 34.1 Å². The molecule has 4 heteroatoms. The molecule has 0 bridgehead atoms. The Bertz CT molecular complexity index is 173. The molecule has 0 aliphatic rings. The van der Waals surface area contributed by atoms with Gasteiger partial charge in [-0.25, -0.2) is 0 Å². The van der Waals surface area contributed by atoms with E-state index in [4.69, 9.17) is 0 Å². The van der Waals surface area contributed by atoms with Gasteiger partial charge >= 0.3 is 0 Å². The first-order valence-corrected chi connectivity index (χ1v) is 5.04. The lowest BCUT2D eigenvalue weighted by Gasteiger charge is -2.17. The highest BCUT2D eigenvalue weighted by molar-refractivity contribution is 5.78. The van der Waals surface area contributed by atoms with Crippen LogP contribution in [0.3, 0.4) is 0 Å². The highest BCUT2D eigenvalue weighted by atomic mass is 16.3. The fourth-order valence-electron chi connectivity index (χ4n) is 0.969. The van der Waals surface area contributed by atoms with Crippen molar-refractivity contribution in [1.29, 1.82) is 0 Å². The Labute approximate surface area is 86.1 Å². The SMILES string of the molecule is CC(C)NC(=O)CNCCC(C)(C)O. The van der Waals surface area contributed by atoms with Crippen molar-refractivity contribution in [3.8, 4) is 0 Å². The zero-order valence-corrected chi connectivity index (χ0v) is 9.55. The van der Waals surface area contributed by atoms with Crippen LogP contribution >= 0.6 is 0 Å². The van der Waals surface area contributed by atoms with Gasteiger partial charge in [-0.15, -0.1) is 0 Å². The molecule has 0 aromatic heterocycles. The van der Waals surface area contributed by atoms with Gasteiger partial charge < -0.3 is 15.7 Å². The maximum Gasteiger partial charge on any atom is 0.234 e. The predicted octanol–water partition coefficient (Wildman–Crippen LogP) is 0.262. The standard InChI is InChI=1S/C10H22N2O2/c1-8(2)12-9(13)7-11-6-5-10(3,4)14/h8,11,14H,5-7H2,1-4H3,(H,12,13). The second kappa shape index (κ2) is 5.98. The van der Waals surface area contributed by atoms with Crippen molar-refractivity contribution < 1.29 is 9.90 Å². The zero-order valence-electron chi connectivity index (χ0n) is 9.55. The van der Waals surface area contributed by atoms with E-state index in [1.165, 1.54) is 0 Å². The van der Waals surface area contributed by atoms with E-state index < -0.39 is 5.60 Å². The van der Waals surface area contributed by atoms with Crippen LogP contribution in [-0.4, -0.2) is 35.7 Å². The van der Waals surface area contributed by atoms with Crippen LogP contribution in [0.4, 0.5) is 0 Å². The molecule has 0 aliphatic carbocycles. The Morgan fingerprint density at radius 3 is 2.43 bits per heavy atom. The lowest BCUT2D eigenvalue weighted by Crippen LogP contribution is -2.39. The zero-order chi connectivity index (χ0) is 11.2. The van der Waals surface area contributed by atoms with Gasteiger partial charge in [0.2, 0.25) is 5.91 Å². The van der Waals surface area contributed by atoms with Gasteiger partial charge in [0.25, 0.3) is 0 Å². The number of rotatable bonds is 6. The van der Waals surface area contributed by atoms with Crippen molar-refractivity contribution in [3.63, 3.8) is 0 Å². The fourth-order valence-corrected chi connectivity index (χ4v) is 0.969. The van der Waals surface area contributed by atoms with Crippen molar-refractivity contribution in [1.82, 2.24) is 10.6 Å². The van der Waals surface area contributed by atoms with Crippen LogP contribution in [0.15, 0.2) is 0 Å². The largest absolute Gasteiger partial charge is 0.390 e. The van der Waals surface area contributed by atoms with Gasteiger partial charge in [0.15, 0.2) is 0 Å². The summed E-state index contributed by atoms with van der Waals surface area (Å²) in [5.41, 5.74) is -0.665. The highest BCUT2D eigenvalue weighted by Crippen LogP contribution is 2.04. The Hall–Kier alpha value is -0.610. The smallest absolute Gasteiger partial charge is 0.234 e. The summed E-state index contributed by atoms with van der Waals surface area (Å²) in [7, 11) is 0. The van der Waals surface area contributed by atoms with Gasteiger partial charge in [-0.3, -0.25) is 4.79 Å². The Balaban J connectivity index is 3.41. The second-order valence-electron chi connectivity index (χ2n) is 4.46. The van der Waals surface area contributed by atoms with Gasteiger partial charge in [-0.2, -0.15) is 0 Å². The van der Waals surface area contributed by atoms with E-state index in [1.807, 2.05) is 13.8 Å². The van der Waals surface area contributed by atoms with E-state index in [0.717, 1.165) is 0 Å². The molecule has 0 aromatic rings. The molecule has 14 heavy (non-hydrogen) atoms. The molecule has 4 nitrogen and oxygen atoms in total. The van der Waals surface area contributed by atoms with Crippen LogP contribution in [0, 0.1) is 0 Å². The average molecular weight is 202 g/mol. The number of aliphatic hydroxyl groups is 1. The topological polar surface area (TPSA) is 61.4 Å². The van der Waals surface area contributed by atoms with E-state index in [1.54, 1.807) is 13.8 Å². The minimum absolute atomic E-state index is 0.00394. The Kier molecular flexibility index (Phi) is 5.72. The van der Waals surface area contributed by atoms with Crippen molar-refractivity contribution in [2.75, 3.05) is 13.1 Å². The molecule has 1 amide bonds. The molecule has 0 unspecified atom stereocenters. The molecular weight excluding hydrogens is 180 g/mol. The summed E-state index contributed by atoms with van der Waals surface area (Å²) in [6, 6.07) is 0.179. The molecule has 0 saturated carbocycles. The number of carbonyl (C=O) groups is 1. The second-order valence-corrected chi connectivity index (χ2v) is 4.46. The van der Waals surface area contributed by atoms with Gasteiger partial charge in [0, 0.05) is 6.04 Å². The monoisotopic (exact) mass is 202 g/mol. The summed E-state index contributed by atoms with van der Waals surface area (Å²) in [6.07, 6.45) is 0.641. The van der Waals surface area contributed by atoms with E-state index >= 15 is 0 Å². The molecule has 0 heterocycles. The highest BCUT2D eigenvalue weighted by Gasteiger charge is 2.11.